The molecule has 1 aliphatic carbocycles. The molecule has 0 saturated carbocycles. The van der Waals surface area contributed by atoms with Crippen LogP contribution in [-0.2, 0) is 19.4 Å². The second-order valence-corrected chi connectivity index (χ2v) is 9.10. The van der Waals surface area contributed by atoms with Crippen LogP contribution in [0.15, 0.2) is 40.9 Å². The van der Waals surface area contributed by atoms with Crippen molar-refractivity contribution in [2.24, 2.45) is 0 Å². The first-order valence-electron chi connectivity index (χ1n) is 10.5. The van der Waals surface area contributed by atoms with E-state index in [9.17, 15) is 5.26 Å². The molecule has 3 N–H and O–H groups in total. The molecule has 1 aromatic heterocycles. The zero-order chi connectivity index (χ0) is 22.7. The highest BCUT2D eigenvalue weighted by atomic mass is 79.9. The third-order valence-corrected chi connectivity index (χ3v) is 6.64. The van der Waals surface area contributed by atoms with Crippen LogP contribution in [0.25, 0.3) is 11.1 Å². The van der Waals surface area contributed by atoms with Crippen molar-refractivity contribution in [2.45, 2.75) is 38.7 Å². The van der Waals surface area contributed by atoms with Crippen LogP contribution < -0.4 is 20.2 Å². The van der Waals surface area contributed by atoms with Gasteiger partial charge in [-0.1, -0.05) is 24.1 Å². The number of nitrogen functional groups attached to an aromatic ring is 1. The maximum Gasteiger partial charge on any atom is 0.289 e. The Kier molecular flexibility index (Phi) is 6.88. The second-order valence-electron chi connectivity index (χ2n) is 7.81. The summed E-state index contributed by atoms with van der Waals surface area (Å²) in [6.07, 6.45) is 5.24. The number of nitriles is 1. The predicted octanol–water partition coefficient (Wildman–Crippen LogP) is 5.89. The highest BCUT2D eigenvalue weighted by molar-refractivity contribution is 9.10. The van der Waals surface area contributed by atoms with E-state index in [1.165, 1.54) is 12.0 Å². The number of aryl methyl sites for hydroxylation is 1. The first-order chi connectivity index (χ1) is 15.5. The Bertz CT molecular complexity index is 1210. The van der Waals surface area contributed by atoms with Gasteiger partial charge in [-0.3, -0.25) is 5.73 Å². The van der Waals surface area contributed by atoms with Gasteiger partial charge in [0.05, 0.1) is 11.6 Å². The monoisotopic (exact) mass is 512 g/mol. The highest BCUT2D eigenvalue weighted by Gasteiger charge is 2.24. The van der Waals surface area contributed by atoms with E-state index >= 15 is 0 Å². The van der Waals surface area contributed by atoms with Crippen LogP contribution in [0.1, 0.15) is 41.6 Å². The summed E-state index contributed by atoms with van der Waals surface area (Å²) < 4.78 is 12.4. The van der Waals surface area contributed by atoms with E-state index in [0.29, 0.717) is 28.8 Å². The van der Waals surface area contributed by atoms with Crippen LogP contribution >= 0.6 is 27.5 Å². The molecule has 1 aliphatic rings. The lowest BCUT2D eigenvalue weighted by molar-refractivity contribution is -0.373. The standard InChI is InChI=1S/C25H23BrClN3O2/c1-31-22-9-7-15(11-16(22)14-32-23-10-8-17(27)12-20(23)26)24-18-5-3-2-4-6-21(18)30-25(29)19(24)13-28/h7-12H,2-6,14H2,1H3,(H2,29,30)/p+1. The Morgan fingerprint density at radius 3 is 2.66 bits per heavy atom. The summed E-state index contributed by atoms with van der Waals surface area (Å²) >= 11 is 9.53. The number of rotatable bonds is 5. The normalized spacial score (nSPS) is 13.1. The number of fused-ring (bicyclic) bond motifs is 1. The Labute approximate surface area is 201 Å². The van der Waals surface area contributed by atoms with E-state index in [0.717, 1.165) is 58.3 Å². The number of anilines is 1. The number of aromatic amines is 1. The first-order valence-corrected chi connectivity index (χ1v) is 11.7. The molecule has 0 aliphatic heterocycles. The van der Waals surface area contributed by atoms with Crippen LogP contribution in [-0.4, -0.2) is 7.11 Å². The average molecular weight is 514 g/mol. The molecule has 0 unspecified atom stereocenters. The van der Waals surface area contributed by atoms with Crippen molar-refractivity contribution in [1.82, 2.24) is 0 Å². The second kappa shape index (κ2) is 9.81. The van der Waals surface area contributed by atoms with Gasteiger partial charge in [0, 0.05) is 28.1 Å². The maximum absolute atomic E-state index is 9.89. The Morgan fingerprint density at radius 1 is 1.12 bits per heavy atom. The van der Waals surface area contributed by atoms with Crippen molar-refractivity contribution in [2.75, 3.05) is 12.8 Å². The average Bonchev–Trinajstić information content (AvgIpc) is 3.02. The zero-order valence-corrected chi connectivity index (χ0v) is 20.1. The lowest BCUT2D eigenvalue weighted by Gasteiger charge is -2.16. The summed E-state index contributed by atoms with van der Waals surface area (Å²) in [5.41, 5.74) is 11.8. The molecule has 32 heavy (non-hydrogen) atoms. The molecule has 1 heterocycles. The number of methoxy groups -OCH3 is 1. The number of hydrogen-bond acceptors (Lipinski definition) is 4. The van der Waals surface area contributed by atoms with Gasteiger partial charge in [0.2, 0.25) is 0 Å². The molecule has 5 nitrogen and oxygen atoms in total. The molecule has 0 bridgehead atoms. The minimum Gasteiger partial charge on any atom is -0.496 e. The largest absolute Gasteiger partial charge is 0.496 e. The fraction of sp³-hybridized carbons (Fsp3) is 0.280. The van der Waals surface area contributed by atoms with Crippen LogP contribution in [0.2, 0.25) is 5.02 Å². The maximum atomic E-state index is 9.89. The summed E-state index contributed by atoms with van der Waals surface area (Å²) in [4.78, 5) is 3.28. The van der Waals surface area contributed by atoms with Gasteiger partial charge in [0.25, 0.3) is 5.82 Å². The summed E-state index contributed by atoms with van der Waals surface area (Å²) in [5.74, 6) is 1.83. The summed E-state index contributed by atoms with van der Waals surface area (Å²) in [5, 5.41) is 10.5. The smallest absolute Gasteiger partial charge is 0.289 e. The Balaban J connectivity index is 1.77. The van der Waals surface area contributed by atoms with Crippen molar-refractivity contribution >= 4 is 33.3 Å². The molecule has 3 aromatic rings. The van der Waals surface area contributed by atoms with E-state index in [1.54, 1.807) is 19.2 Å². The van der Waals surface area contributed by atoms with Crippen LogP contribution in [0.4, 0.5) is 5.82 Å². The molecule has 0 spiro atoms. The topological polar surface area (TPSA) is 82.4 Å². The predicted molar refractivity (Wildman–Crippen MR) is 129 cm³/mol. The third kappa shape index (κ3) is 4.55. The van der Waals surface area contributed by atoms with Crippen molar-refractivity contribution < 1.29 is 14.5 Å². The Morgan fingerprint density at radius 2 is 1.91 bits per heavy atom. The molecular weight excluding hydrogens is 490 g/mol. The van der Waals surface area contributed by atoms with Crippen LogP contribution in [0.5, 0.6) is 11.5 Å². The van der Waals surface area contributed by atoms with Gasteiger partial charge in [-0.2, -0.15) is 5.26 Å². The summed E-state index contributed by atoms with van der Waals surface area (Å²) in [6.45, 7) is 0.301. The fourth-order valence-electron chi connectivity index (χ4n) is 4.24. The molecule has 164 valence electrons. The number of nitrogens with one attached hydrogen (secondary N) is 1. The van der Waals surface area contributed by atoms with Gasteiger partial charge in [-0.15, -0.1) is 0 Å². The SMILES string of the molecule is COc1ccc(-c2c(C#N)c(N)[nH+]c3c2CCCCC3)cc1COc1ccc(Cl)cc1Br. The lowest BCUT2D eigenvalue weighted by Crippen LogP contribution is -2.22. The molecule has 0 saturated heterocycles. The minimum atomic E-state index is 0.301. The number of aromatic nitrogens is 1. The van der Waals surface area contributed by atoms with Gasteiger partial charge < -0.3 is 9.47 Å². The quantitative estimate of drug-likeness (QED) is 0.431. The summed E-state index contributed by atoms with van der Waals surface area (Å²) in [7, 11) is 1.64. The zero-order valence-electron chi connectivity index (χ0n) is 17.8. The van der Waals surface area contributed by atoms with Gasteiger partial charge in [0.1, 0.15) is 35.4 Å². The van der Waals surface area contributed by atoms with Crippen molar-refractivity contribution in [3.63, 3.8) is 0 Å². The van der Waals surface area contributed by atoms with Crippen LogP contribution in [0.3, 0.4) is 0 Å². The minimum absolute atomic E-state index is 0.301. The van der Waals surface area contributed by atoms with E-state index in [2.05, 4.69) is 27.0 Å². The number of hydrogen-bond donors (Lipinski definition) is 1. The number of halogens is 2. The van der Waals surface area contributed by atoms with E-state index in [4.69, 9.17) is 26.8 Å². The first kappa shape index (κ1) is 22.4. The van der Waals surface area contributed by atoms with Crippen molar-refractivity contribution in [3.05, 3.63) is 68.3 Å². The number of benzene rings is 2. The highest BCUT2D eigenvalue weighted by Crippen LogP contribution is 2.36. The molecular formula is C25H24BrClN3O2+. The number of nitrogens with two attached hydrogens (primary N) is 1. The lowest BCUT2D eigenvalue weighted by atomic mass is 9.91. The molecule has 0 amide bonds. The number of H-pyrrole nitrogens is 1. The van der Waals surface area contributed by atoms with E-state index in [-0.39, 0.29) is 0 Å². The number of nitrogens with zero attached hydrogens (tertiary/aromatic N) is 1. The van der Waals surface area contributed by atoms with E-state index in [1.807, 2.05) is 24.3 Å². The molecule has 0 fully saturated rings. The molecule has 2 aromatic carbocycles. The fourth-order valence-corrected chi connectivity index (χ4v) is 5.03. The third-order valence-electron chi connectivity index (χ3n) is 5.78. The van der Waals surface area contributed by atoms with Gasteiger partial charge in [-0.25, -0.2) is 4.98 Å². The van der Waals surface area contributed by atoms with Crippen LogP contribution in [0, 0.1) is 11.3 Å². The number of pyridine rings is 1. The Hall–Kier alpha value is -2.75. The molecule has 0 atom stereocenters. The number of ether oxygens (including phenoxy) is 2. The van der Waals surface area contributed by atoms with Gasteiger partial charge >= 0.3 is 0 Å². The summed E-state index contributed by atoms with van der Waals surface area (Å²) in [6, 6.07) is 13.7. The van der Waals surface area contributed by atoms with Gasteiger partial charge in [-0.05, 0) is 71.1 Å². The van der Waals surface area contributed by atoms with E-state index < -0.39 is 0 Å². The van der Waals surface area contributed by atoms with Gasteiger partial charge in [0.15, 0.2) is 0 Å². The van der Waals surface area contributed by atoms with Crippen molar-refractivity contribution in [3.8, 4) is 28.7 Å². The molecule has 0 radical (unpaired) electrons. The molecule has 4 rings (SSSR count). The van der Waals surface area contributed by atoms with Crippen molar-refractivity contribution in [1.29, 1.82) is 5.26 Å². The molecule has 7 heteroatoms.